The van der Waals surface area contributed by atoms with E-state index in [9.17, 15) is 9.90 Å². The summed E-state index contributed by atoms with van der Waals surface area (Å²) < 4.78 is 0. The first kappa shape index (κ1) is 27.5. The van der Waals surface area contributed by atoms with E-state index in [2.05, 4.69) is 93.5 Å². The highest BCUT2D eigenvalue weighted by molar-refractivity contribution is 6.97. The van der Waals surface area contributed by atoms with Crippen LogP contribution >= 0.6 is 0 Å². The van der Waals surface area contributed by atoms with Crippen LogP contribution in [-0.2, 0) is 4.79 Å². The molecule has 0 aromatic heterocycles. The van der Waals surface area contributed by atoms with Gasteiger partial charge in [0.05, 0.1) is 5.57 Å². The molecule has 2 nitrogen and oxygen atoms in total. The van der Waals surface area contributed by atoms with E-state index >= 15 is 0 Å². The lowest BCUT2D eigenvalue weighted by Crippen LogP contribution is -2.58. The quantitative estimate of drug-likeness (QED) is 0.270. The second-order valence-electron chi connectivity index (χ2n) is 10.9. The molecule has 0 aliphatic heterocycles. The Kier molecular flexibility index (Phi) is 7.74. The molecule has 36 heavy (non-hydrogen) atoms. The number of allylic oxidation sites excluding steroid dienone is 2. The van der Waals surface area contributed by atoms with Gasteiger partial charge in [-0.2, -0.15) is 0 Å². The number of Topliss-reactive ketones (excluding diaryl/α,β-unsaturated/α-hetero) is 1. The van der Waals surface area contributed by atoms with Gasteiger partial charge in [0, 0.05) is 0 Å². The summed E-state index contributed by atoms with van der Waals surface area (Å²) in [6.07, 6.45) is 0. The van der Waals surface area contributed by atoms with E-state index in [4.69, 9.17) is 0 Å². The minimum atomic E-state index is -0.111. The van der Waals surface area contributed by atoms with Gasteiger partial charge in [-0.15, -0.1) is 0 Å². The molecular formula is C33H41BO2. The summed E-state index contributed by atoms with van der Waals surface area (Å²) in [5.74, 6) is -0.0352. The number of carbonyl (C=O) groups is 1. The molecule has 3 rings (SSSR count). The molecule has 3 aromatic rings. The molecule has 0 amide bonds. The average Bonchev–Trinajstić information content (AvgIpc) is 2.73. The van der Waals surface area contributed by atoms with E-state index in [0.717, 1.165) is 16.7 Å². The number of hydrogen-bond donors (Lipinski definition) is 1. The Labute approximate surface area is 218 Å². The number of hydrogen-bond acceptors (Lipinski definition) is 2. The molecule has 1 N–H and O–H groups in total. The Morgan fingerprint density at radius 3 is 1.19 bits per heavy atom. The molecule has 0 saturated heterocycles. The second kappa shape index (κ2) is 10.1. The van der Waals surface area contributed by atoms with Gasteiger partial charge in [-0.3, -0.25) is 4.79 Å². The highest BCUT2D eigenvalue weighted by Gasteiger charge is 2.33. The summed E-state index contributed by atoms with van der Waals surface area (Å²) >= 11 is 0. The highest BCUT2D eigenvalue weighted by atomic mass is 16.3. The number of aryl methyl sites for hydroxylation is 6. The molecule has 0 unspecified atom stereocenters. The van der Waals surface area contributed by atoms with Crippen LogP contribution < -0.4 is 16.4 Å². The van der Waals surface area contributed by atoms with E-state index in [1.54, 1.807) is 6.92 Å². The van der Waals surface area contributed by atoms with Gasteiger partial charge >= 0.3 is 0 Å². The summed E-state index contributed by atoms with van der Waals surface area (Å²) in [5, 5.41) is 10.5. The van der Waals surface area contributed by atoms with Gasteiger partial charge in [0.1, 0.15) is 5.76 Å². The Bertz CT molecular complexity index is 1290. The van der Waals surface area contributed by atoms with Crippen molar-refractivity contribution in [1.29, 1.82) is 0 Å². The molecule has 0 fully saturated rings. The van der Waals surface area contributed by atoms with Crippen molar-refractivity contribution in [3.8, 4) is 0 Å². The van der Waals surface area contributed by atoms with Crippen LogP contribution in [0.5, 0.6) is 0 Å². The summed E-state index contributed by atoms with van der Waals surface area (Å²) in [7, 11) is 0. The lowest BCUT2D eigenvalue weighted by atomic mass is 9.32. The van der Waals surface area contributed by atoms with Crippen molar-refractivity contribution in [1.82, 2.24) is 0 Å². The lowest BCUT2D eigenvalue weighted by Gasteiger charge is -2.30. The second-order valence-corrected chi connectivity index (χ2v) is 10.9. The van der Waals surface area contributed by atoms with Crippen LogP contribution in [0.15, 0.2) is 30.0 Å². The fourth-order valence-corrected chi connectivity index (χ4v) is 6.49. The predicted octanol–water partition coefficient (Wildman–Crippen LogP) is 6.17. The number of ketones is 1. The Morgan fingerprint density at radius 2 is 0.917 bits per heavy atom. The fraction of sp³-hybridized carbons (Fsp3) is 0.364. The maximum absolute atomic E-state index is 12.6. The van der Waals surface area contributed by atoms with Gasteiger partial charge in [-0.1, -0.05) is 85.2 Å². The molecule has 0 heterocycles. The third-order valence-electron chi connectivity index (χ3n) is 7.99. The molecule has 0 bridgehead atoms. The van der Waals surface area contributed by atoms with Crippen LogP contribution in [0, 0.1) is 69.2 Å². The molecule has 0 aliphatic rings. The number of aliphatic hydroxyl groups excluding tert-OH is 1. The average molecular weight is 481 g/mol. The highest BCUT2D eigenvalue weighted by Crippen LogP contribution is 2.30. The molecule has 0 saturated carbocycles. The first-order chi connectivity index (χ1) is 16.7. The van der Waals surface area contributed by atoms with Crippen molar-refractivity contribution in [2.75, 3.05) is 0 Å². The van der Waals surface area contributed by atoms with Gasteiger partial charge in [0.25, 0.3) is 0 Å². The van der Waals surface area contributed by atoms with Crippen LogP contribution in [-0.4, -0.2) is 17.6 Å². The van der Waals surface area contributed by atoms with Crippen molar-refractivity contribution in [2.45, 2.75) is 83.1 Å². The molecule has 0 spiro atoms. The maximum Gasteiger partial charge on any atom is 0.243 e. The van der Waals surface area contributed by atoms with Crippen molar-refractivity contribution >= 4 is 34.5 Å². The zero-order chi connectivity index (χ0) is 27.2. The minimum absolute atomic E-state index is 0.0673. The zero-order valence-electron chi connectivity index (χ0n) is 24.2. The van der Waals surface area contributed by atoms with Gasteiger partial charge in [0.2, 0.25) is 6.71 Å². The van der Waals surface area contributed by atoms with Crippen LogP contribution in [0.1, 0.15) is 75.0 Å². The van der Waals surface area contributed by atoms with Crippen LogP contribution in [0.2, 0.25) is 0 Å². The standard InChI is InChI=1S/C33H41BO2/c1-17-13-19(3)31(20(4)14-17)34(32-21(5)15-18(2)16-22(32)6)33-25(9)23(7)29(24(8)26(33)10)30(27(11)35)28(12)36/h13-16,35H,1-12H3/b30-27+. The summed E-state index contributed by atoms with van der Waals surface area (Å²) in [4.78, 5) is 12.6. The zero-order valence-corrected chi connectivity index (χ0v) is 24.2. The van der Waals surface area contributed by atoms with E-state index in [1.165, 1.54) is 67.8 Å². The maximum atomic E-state index is 12.6. The molecule has 0 radical (unpaired) electrons. The van der Waals surface area contributed by atoms with Crippen molar-refractivity contribution in [3.63, 3.8) is 0 Å². The number of carbonyl (C=O) groups excluding carboxylic acids is 1. The fourth-order valence-electron chi connectivity index (χ4n) is 6.49. The number of rotatable bonds is 5. The first-order valence-corrected chi connectivity index (χ1v) is 12.9. The van der Waals surface area contributed by atoms with Crippen LogP contribution in [0.3, 0.4) is 0 Å². The third-order valence-corrected chi connectivity index (χ3v) is 7.99. The normalized spacial score (nSPS) is 12.0. The number of benzene rings is 3. The molecule has 3 aromatic carbocycles. The Balaban J connectivity index is 2.56. The van der Waals surface area contributed by atoms with Gasteiger partial charge in [-0.25, -0.2) is 0 Å². The topological polar surface area (TPSA) is 37.3 Å². The first-order valence-electron chi connectivity index (χ1n) is 12.9. The van der Waals surface area contributed by atoms with E-state index in [1.807, 2.05) is 0 Å². The van der Waals surface area contributed by atoms with Crippen molar-refractivity contribution in [3.05, 3.63) is 91.2 Å². The Morgan fingerprint density at radius 1 is 0.583 bits per heavy atom. The summed E-state index contributed by atoms with van der Waals surface area (Å²) in [6.45, 7) is 25.0. The molecular weight excluding hydrogens is 439 g/mol. The van der Waals surface area contributed by atoms with E-state index in [-0.39, 0.29) is 18.3 Å². The van der Waals surface area contributed by atoms with Gasteiger partial charge in [0.15, 0.2) is 5.78 Å². The molecule has 0 aliphatic carbocycles. The van der Waals surface area contributed by atoms with Crippen LogP contribution in [0.25, 0.3) is 5.57 Å². The summed E-state index contributed by atoms with van der Waals surface area (Å²) in [6, 6.07) is 9.16. The third kappa shape index (κ3) is 4.68. The monoisotopic (exact) mass is 480 g/mol. The largest absolute Gasteiger partial charge is 0.512 e. The molecule has 188 valence electrons. The smallest absolute Gasteiger partial charge is 0.243 e. The predicted molar refractivity (Wildman–Crippen MR) is 157 cm³/mol. The van der Waals surface area contributed by atoms with Crippen molar-refractivity contribution < 1.29 is 9.90 Å². The summed E-state index contributed by atoms with van der Waals surface area (Å²) in [5.41, 5.74) is 17.5. The van der Waals surface area contributed by atoms with E-state index < -0.39 is 0 Å². The molecule has 3 heteroatoms. The molecule has 0 atom stereocenters. The number of aliphatic hydroxyl groups is 1. The van der Waals surface area contributed by atoms with Crippen LogP contribution in [0.4, 0.5) is 0 Å². The van der Waals surface area contributed by atoms with Gasteiger partial charge < -0.3 is 5.11 Å². The minimum Gasteiger partial charge on any atom is -0.512 e. The lowest BCUT2D eigenvalue weighted by molar-refractivity contribution is -0.111. The van der Waals surface area contributed by atoms with Gasteiger partial charge in [-0.05, 0) is 99.8 Å². The Hall–Kier alpha value is -3.07. The SMILES string of the molecule is CC(=O)/C(=C(/C)O)c1c(C)c(C)c(B(c2c(C)cc(C)cc2C)c2c(C)cc(C)cc2C)c(C)c1C. The van der Waals surface area contributed by atoms with E-state index in [0.29, 0.717) is 5.57 Å². The van der Waals surface area contributed by atoms with Crippen molar-refractivity contribution in [2.24, 2.45) is 0 Å².